The van der Waals surface area contributed by atoms with Gasteiger partial charge in [-0.05, 0) is 25.2 Å². The number of epoxide rings is 3. The van der Waals surface area contributed by atoms with E-state index in [0.717, 1.165) is 32.1 Å². The summed E-state index contributed by atoms with van der Waals surface area (Å²) in [6.45, 7) is 2.57. The Bertz CT molecular complexity index is 597. The number of rotatable bonds is 8. The molecule has 0 aromatic carbocycles. The highest BCUT2D eigenvalue weighted by molar-refractivity contribution is 6.17. The first-order valence-corrected chi connectivity index (χ1v) is 11.4. The third-order valence-corrected chi connectivity index (χ3v) is 8.10. The van der Waals surface area contributed by atoms with Crippen molar-refractivity contribution >= 4 is 17.6 Å². The van der Waals surface area contributed by atoms with Crippen LogP contribution in [0.15, 0.2) is 0 Å². The van der Waals surface area contributed by atoms with Gasteiger partial charge in [0.05, 0.1) is 24.2 Å². The minimum Gasteiger partial charge on any atom is -0.465 e. The van der Waals surface area contributed by atoms with Crippen molar-refractivity contribution in [1.82, 2.24) is 0 Å². The number of carbonyl (C=O) groups is 1. The molecule has 0 radical (unpaired) electrons. The predicted molar refractivity (Wildman–Crippen MR) is 99.2 cm³/mol. The van der Waals surface area contributed by atoms with Gasteiger partial charge < -0.3 is 18.9 Å². The summed E-state index contributed by atoms with van der Waals surface area (Å²) in [5.74, 6) is 0.435. The number of carbonyl (C=O) groups excluding carboxylic acids is 1. The SMILES string of the molecule is CC1C(CC2CCCCC2)(C(=O)OCCC2OC2CCCl)CCC23OC12O3. The van der Waals surface area contributed by atoms with Crippen molar-refractivity contribution in [2.24, 2.45) is 17.3 Å². The van der Waals surface area contributed by atoms with Gasteiger partial charge in [0.1, 0.15) is 0 Å². The average Bonchev–Trinajstić information content (AvgIpc) is 3.56. The van der Waals surface area contributed by atoms with E-state index in [0.29, 0.717) is 18.4 Å². The first-order chi connectivity index (χ1) is 13.1. The molecule has 3 heterocycles. The minimum absolute atomic E-state index is 0.0379. The van der Waals surface area contributed by atoms with Gasteiger partial charge in [-0.3, -0.25) is 4.79 Å². The van der Waals surface area contributed by atoms with Gasteiger partial charge in [-0.25, -0.2) is 0 Å². The van der Waals surface area contributed by atoms with Crippen LogP contribution in [-0.4, -0.2) is 42.2 Å². The third kappa shape index (κ3) is 2.95. The van der Waals surface area contributed by atoms with Gasteiger partial charge in [-0.2, -0.15) is 0 Å². The van der Waals surface area contributed by atoms with Gasteiger partial charge in [0.25, 0.3) is 0 Å². The summed E-state index contributed by atoms with van der Waals surface area (Å²) in [6.07, 6.45) is 11.0. The fourth-order valence-corrected chi connectivity index (χ4v) is 6.17. The zero-order valence-electron chi connectivity index (χ0n) is 16.2. The van der Waals surface area contributed by atoms with Crippen LogP contribution in [0.25, 0.3) is 0 Å². The molecular weight excluding hydrogens is 368 g/mol. The van der Waals surface area contributed by atoms with E-state index in [1.54, 1.807) is 0 Å². The Labute approximate surface area is 166 Å². The van der Waals surface area contributed by atoms with Crippen molar-refractivity contribution in [1.29, 1.82) is 0 Å². The zero-order chi connectivity index (χ0) is 18.7. The Balaban J connectivity index is 1.23. The number of alkyl halides is 1. The molecule has 0 aromatic rings. The fourth-order valence-electron chi connectivity index (χ4n) is 5.95. The van der Waals surface area contributed by atoms with Crippen LogP contribution in [0, 0.1) is 17.3 Å². The van der Waals surface area contributed by atoms with E-state index in [4.69, 9.17) is 30.5 Å². The Morgan fingerprint density at radius 2 is 1.85 bits per heavy atom. The maximum atomic E-state index is 13.3. The van der Waals surface area contributed by atoms with E-state index < -0.39 is 11.2 Å². The van der Waals surface area contributed by atoms with Crippen molar-refractivity contribution in [2.75, 3.05) is 12.5 Å². The first-order valence-electron chi connectivity index (χ1n) is 10.8. The smallest absolute Gasteiger partial charge is 0.312 e. The molecule has 5 fully saturated rings. The summed E-state index contributed by atoms with van der Waals surface area (Å²) in [4.78, 5) is 13.3. The molecule has 2 aliphatic carbocycles. The molecule has 5 nitrogen and oxygen atoms in total. The summed E-state index contributed by atoms with van der Waals surface area (Å²) < 4.78 is 23.2. The number of ether oxygens (including phenoxy) is 4. The summed E-state index contributed by atoms with van der Waals surface area (Å²) in [6, 6.07) is 0. The van der Waals surface area contributed by atoms with Crippen LogP contribution in [0.1, 0.15) is 71.1 Å². The van der Waals surface area contributed by atoms with Crippen LogP contribution < -0.4 is 0 Å². The summed E-state index contributed by atoms with van der Waals surface area (Å²) in [7, 11) is 0. The highest BCUT2D eigenvalue weighted by Gasteiger charge is 2.96. The highest BCUT2D eigenvalue weighted by Crippen LogP contribution is 2.79. The topological polar surface area (TPSA) is 63.9 Å². The molecule has 3 aliphatic heterocycles. The van der Waals surface area contributed by atoms with Crippen LogP contribution in [0.3, 0.4) is 0 Å². The molecule has 2 saturated carbocycles. The van der Waals surface area contributed by atoms with E-state index in [1.165, 1.54) is 32.1 Å². The maximum Gasteiger partial charge on any atom is 0.312 e. The Morgan fingerprint density at radius 1 is 1.11 bits per heavy atom. The molecule has 0 N–H and O–H groups in total. The largest absolute Gasteiger partial charge is 0.465 e. The standard InChI is InChI=1S/C21H31ClO5/c1-14-19(13-15-5-3-2-4-6-15,9-10-20-21(14,26-20)27-20)18(23)24-12-8-17-16(25-17)7-11-22/h14-17H,2-13H2,1H3. The lowest BCUT2D eigenvalue weighted by Crippen LogP contribution is -2.46. The quantitative estimate of drug-likeness (QED) is 0.349. The molecule has 0 bridgehead atoms. The molecule has 0 amide bonds. The second kappa shape index (κ2) is 6.58. The third-order valence-electron chi connectivity index (χ3n) is 7.88. The summed E-state index contributed by atoms with van der Waals surface area (Å²) in [5, 5.41) is 0. The molecule has 0 spiro atoms. The lowest BCUT2D eigenvalue weighted by atomic mass is 9.61. The van der Waals surface area contributed by atoms with Crippen molar-refractivity contribution in [2.45, 2.75) is 94.9 Å². The van der Waals surface area contributed by atoms with Gasteiger partial charge in [-0.15, -0.1) is 11.6 Å². The zero-order valence-corrected chi connectivity index (χ0v) is 17.0. The summed E-state index contributed by atoms with van der Waals surface area (Å²) in [5.41, 5.74) is -0.460. The van der Waals surface area contributed by atoms with Crippen LogP contribution >= 0.6 is 11.6 Å². The van der Waals surface area contributed by atoms with Gasteiger partial charge in [0.15, 0.2) is 0 Å². The predicted octanol–water partition coefficient (Wildman–Crippen LogP) is 4.16. The van der Waals surface area contributed by atoms with E-state index in [2.05, 4.69) is 6.92 Å². The van der Waals surface area contributed by atoms with E-state index in [9.17, 15) is 4.79 Å². The van der Waals surface area contributed by atoms with Crippen molar-refractivity contribution in [3.05, 3.63) is 0 Å². The lowest BCUT2D eigenvalue weighted by Gasteiger charge is -2.40. The van der Waals surface area contributed by atoms with Gasteiger partial charge in [0, 0.05) is 24.6 Å². The van der Waals surface area contributed by atoms with Gasteiger partial charge >= 0.3 is 5.97 Å². The Morgan fingerprint density at radius 3 is 2.59 bits per heavy atom. The first kappa shape index (κ1) is 18.7. The molecule has 4 unspecified atom stereocenters. The molecule has 0 aromatic heterocycles. The monoisotopic (exact) mass is 398 g/mol. The molecule has 3 saturated heterocycles. The molecule has 5 rings (SSSR count). The van der Waals surface area contributed by atoms with Gasteiger partial charge in [-0.1, -0.05) is 39.0 Å². The molecule has 152 valence electrons. The normalized spacial score (nSPS) is 47.7. The average molecular weight is 399 g/mol. The number of esters is 1. The molecule has 5 aliphatic rings. The number of hydrogen-bond acceptors (Lipinski definition) is 5. The lowest BCUT2D eigenvalue weighted by molar-refractivity contribution is -0.169. The van der Waals surface area contributed by atoms with E-state index in [-0.39, 0.29) is 29.9 Å². The van der Waals surface area contributed by atoms with Gasteiger partial charge in [0.2, 0.25) is 11.6 Å². The Hall–Kier alpha value is -0.360. The van der Waals surface area contributed by atoms with Crippen molar-refractivity contribution in [3.63, 3.8) is 0 Å². The van der Waals surface area contributed by atoms with Crippen molar-refractivity contribution in [3.8, 4) is 0 Å². The number of hydrogen-bond donors (Lipinski definition) is 0. The molecule has 27 heavy (non-hydrogen) atoms. The van der Waals surface area contributed by atoms with E-state index >= 15 is 0 Å². The van der Waals surface area contributed by atoms with Crippen LogP contribution in [-0.2, 0) is 23.7 Å². The summed E-state index contributed by atoms with van der Waals surface area (Å²) >= 11 is 5.76. The fraction of sp³-hybridized carbons (Fsp3) is 0.952. The minimum atomic E-state index is -0.482. The van der Waals surface area contributed by atoms with Crippen LogP contribution in [0.4, 0.5) is 0 Å². The highest BCUT2D eigenvalue weighted by atomic mass is 35.5. The second-order valence-electron chi connectivity index (χ2n) is 9.33. The Kier molecular flexibility index (Phi) is 4.55. The molecule has 4 atom stereocenters. The second-order valence-corrected chi connectivity index (χ2v) is 9.70. The van der Waals surface area contributed by atoms with Crippen molar-refractivity contribution < 1.29 is 23.7 Å². The molecular formula is C21H31ClO5. The number of halogens is 1. The van der Waals surface area contributed by atoms with Crippen LogP contribution in [0.2, 0.25) is 0 Å². The molecule has 6 heteroatoms. The maximum absolute atomic E-state index is 13.3. The van der Waals surface area contributed by atoms with E-state index in [1.807, 2.05) is 0 Å². The van der Waals surface area contributed by atoms with Crippen LogP contribution in [0.5, 0.6) is 0 Å².